The molecule has 0 aliphatic carbocycles. The molecule has 0 saturated heterocycles. The van der Waals surface area contributed by atoms with E-state index < -0.39 is 0 Å². The second kappa shape index (κ2) is 9.79. The summed E-state index contributed by atoms with van der Waals surface area (Å²) >= 11 is 0. The van der Waals surface area contributed by atoms with Gasteiger partial charge in [0.05, 0.1) is 6.54 Å². The molecule has 26 heavy (non-hydrogen) atoms. The number of aliphatic imine (C=N–C) groups is 1. The van der Waals surface area contributed by atoms with Crippen LogP contribution in [0.3, 0.4) is 0 Å². The molecule has 0 fully saturated rings. The first-order valence-electron chi connectivity index (χ1n) is 8.98. The molecule has 2 N–H and O–H groups in total. The number of aryl methyl sites for hydroxylation is 1. The molecule has 7 nitrogen and oxygen atoms in total. The fourth-order valence-electron chi connectivity index (χ4n) is 2.32. The highest BCUT2D eigenvalue weighted by Crippen LogP contribution is 2.13. The lowest BCUT2D eigenvalue weighted by molar-refractivity contribution is 0.223. The fraction of sp³-hybridized carbons (Fsp3) is 0.526. The summed E-state index contributed by atoms with van der Waals surface area (Å²) in [5, 5.41) is 10.5. The van der Waals surface area contributed by atoms with E-state index in [0.29, 0.717) is 31.4 Å². The van der Waals surface area contributed by atoms with Crippen LogP contribution in [0.25, 0.3) is 0 Å². The van der Waals surface area contributed by atoms with Crippen molar-refractivity contribution in [3.8, 4) is 5.75 Å². The molecule has 0 aliphatic rings. The van der Waals surface area contributed by atoms with E-state index in [2.05, 4.69) is 38.8 Å². The van der Waals surface area contributed by atoms with Crippen molar-refractivity contribution in [2.75, 3.05) is 20.1 Å². The summed E-state index contributed by atoms with van der Waals surface area (Å²) in [7, 11) is 1.74. The Morgan fingerprint density at radius 3 is 2.73 bits per heavy atom. The van der Waals surface area contributed by atoms with Crippen LogP contribution < -0.4 is 15.4 Å². The topological polar surface area (TPSA) is 84.6 Å². The molecule has 0 bridgehead atoms. The summed E-state index contributed by atoms with van der Waals surface area (Å²) in [5.41, 5.74) is 1.18. The van der Waals surface area contributed by atoms with Crippen molar-refractivity contribution in [1.29, 1.82) is 0 Å². The average Bonchev–Trinajstić information content (AvgIpc) is 3.07. The van der Waals surface area contributed by atoms with Crippen LogP contribution in [0.15, 0.2) is 33.8 Å². The number of nitrogens with zero attached hydrogens (tertiary/aromatic N) is 3. The normalized spacial score (nSPS) is 12.9. The Kier molecular flexibility index (Phi) is 7.44. The van der Waals surface area contributed by atoms with Crippen LogP contribution in [-0.4, -0.2) is 42.3 Å². The molecule has 7 heteroatoms. The minimum absolute atomic E-state index is 0.0138. The molecule has 0 aliphatic heterocycles. The van der Waals surface area contributed by atoms with Gasteiger partial charge in [-0.2, -0.15) is 4.98 Å². The van der Waals surface area contributed by atoms with Gasteiger partial charge in [0.15, 0.2) is 11.8 Å². The maximum atomic E-state index is 5.91. The van der Waals surface area contributed by atoms with Gasteiger partial charge in [-0.15, -0.1) is 0 Å². The Labute approximate surface area is 155 Å². The summed E-state index contributed by atoms with van der Waals surface area (Å²) in [6.45, 7) is 9.46. The Morgan fingerprint density at radius 1 is 1.27 bits per heavy atom. The second-order valence-electron chi connectivity index (χ2n) is 6.58. The zero-order valence-electron chi connectivity index (χ0n) is 16.2. The monoisotopic (exact) mass is 359 g/mol. The molecule has 1 atom stereocenters. The first kappa shape index (κ1) is 19.8. The van der Waals surface area contributed by atoms with Crippen molar-refractivity contribution in [2.24, 2.45) is 4.99 Å². The van der Waals surface area contributed by atoms with Gasteiger partial charge in [-0.1, -0.05) is 31.1 Å². The minimum Gasteiger partial charge on any atom is -0.489 e. The van der Waals surface area contributed by atoms with E-state index in [1.165, 1.54) is 5.56 Å². The molecule has 142 valence electrons. The van der Waals surface area contributed by atoms with Crippen molar-refractivity contribution in [1.82, 2.24) is 20.8 Å². The van der Waals surface area contributed by atoms with Gasteiger partial charge >= 0.3 is 0 Å². The quantitative estimate of drug-likeness (QED) is 0.557. The summed E-state index contributed by atoms with van der Waals surface area (Å²) in [5.74, 6) is 3.23. The lowest BCUT2D eigenvalue weighted by Gasteiger charge is -2.17. The van der Waals surface area contributed by atoms with E-state index in [4.69, 9.17) is 9.26 Å². The first-order valence-corrected chi connectivity index (χ1v) is 8.98. The standard InChI is InChI=1S/C19H29N5O2/c1-13(2)18-23-17(26-24-18)9-10-21-19(20-5)22-12-15(4)25-16-8-6-7-14(3)11-16/h6-8,11,13,15H,9-10,12H2,1-5H3,(H2,20,21,22). The van der Waals surface area contributed by atoms with E-state index in [1.54, 1.807) is 7.05 Å². The zero-order valence-corrected chi connectivity index (χ0v) is 16.2. The molecular weight excluding hydrogens is 330 g/mol. The highest BCUT2D eigenvalue weighted by atomic mass is 16.5. The highest BCUT2D eigenvalue weighted by molar-refractivity contribution is 5.79. The molecular formula is C19H29N5O2. The van der Waals surface area contributed by atoms with Crippen molar-refractivity contribution in [3.05, 3.63) is 41.5 Å². The average molecular weight is 359 g/mol. The third kappa shape index (κ3) is 6.38. The molecule has 0 saturated carbocycles. The first-order chi connectivity index (χ1) is 12.5. The highest BCUT2D eigenvalue weighted by Gasteiger charge is 2.10. The third-order valence-corrected chi connectivity index (χ3v) is 3.74. The summed E-state index contributed by atoms with van der Waals surface area (Å²) in [6, 6.07) is 8.04. The van der Waals surface area contributed by atoms with Crippen LogP contribution in [0, 0.1) is 6.92 Å². The van der Waals surface area contributed by atoms with Crippen molar-refractivity contribution < 1.29 is 9.26 Å². The second-order valence-corrected chi connectivity index (χ2v) is 6.58. The number of hydrogen-bond acceptors (Lipinski definition) is 5. The predicted octanol–water partition coefficient (Wildman–Crippen LogP) is 2.68. The number of aromatic nitrogens is 2. The zero-order chi connectivity index (χ0) is 18.9. The van der Waals surface area contributed by atoms with E-state index in [9.17, 15) is 0 Å². The summed E-state index contributed by atoms with van der Waals surface area (Å²) < 4.78 is 11.1. The van der Waals surface area contributed by atoms with E-state index >= 15 is 0 Å². The minimum atomic E-state index is 0.0138. The van der Waals surface area contributed by atoms with Gasteiger partial charge in [-0.05, 0) is 31.5 Å². The van der Waals surface area contributed by atoms with Crippen molar-refractivity contribution >= 4 is 5.96 Å². The van der Waals surface area contributed by atoms with Crippen LogP contribution >= 0.6 is 0 Å². The van der Waals surface area contributed by atoms with Gasteiger partial charge in [0.1, 0.15) is 11.9 Å². The van der Waals surface area contributed by atoms with Gasteiger partial charge in [0, 0.05) is 25.9 Å². The maximum Gasteiger partial charge on any atom is 0.228 e. The van der Waals surface area contributed by atoms with E-state index in [-0.39, 0.29) is 12.0 Å². The summed E-state index contributed by atoms with van der Waals surface area (Å²) in [6.07, 6.45) is 0.662. The fourth-order valence-corrected chi connectivity index (χ4v) is 2.32. The molecule has 1 heterocycles. The molecule has 1 unspecified atom stereocenters. The number of benzene rings is 1. The van der Waals surface area contributed by atoms with Gasteiger partial charge in [0.25, 0.3) is 0 Å². The summed E-state index contributed by atoms with van der Waals surface area (Å²) in [4.78, 5) is 8.58. The Balaban J connectivity index is 1.71. The Morgan fingerprint density at radius 2 is 2.08 bits per heavy atom. The third-order valence-electron chi connectivity index (χ3n) is 3.74. The molecule has 0 spiro atoms. The van der Waals surface area contributed by atoms with Crippen LogP contribution in [0.5, 0.6) is 5.75 Å². The molecule has 1 aromatic carbocycles. The maximum absolute atomic E-state index is 5.91. The van der Waals surface area contributed by atoms with Gasteiger partial charge in [-0.25, -0.2) is 0 Å². The number of nitrogens with one attached hydrogen (secondary N) is 2. The molecule has 1 aromatic heterocycles. The molecule has 0 amide bonds. The molecule has 2 aromatic rings. The number of rotatable bonds is 8. The lowest BCUT2D eigenvalue weighted by Crippen LogP contribution is -2.42. The van der Waals surface area contributed by atoms with Crippen LogP contribution in [0.4, 0.5) is 0 Å². The van der Waals surface area contributed by atoms with Crippen LogP contribution in [0.1, 0.15) is 44.0 Å². The van der Waals surface area contributed by atoms with Gasteiger partial charge in [-0.3, -0.25) is 4.99 Å². The van der Waals surface area contributed by atoms with Crippen LogP contribution in [0.2, 0.25) is 0 Å². The van der Waals surface area contributed by atoms with Gasteiger partial charge < -0.3 is 19.9 Å². The largest absolute Gasteiger partial charge is 0.489 e. The van der Waals surface area contributed by atoms with Gasteiger partial charge in [0.2, 0.25) is 5.89 Å². The van der Waals surface area contributed by atoms with Crippen LogP contribution in [-0.2, 0) is 6.42 Å². The lowest BCUT2D eigenvalue weighted by atomic mass is 10.2. The van der Waals surface area contributed by atoms with Crippen molar-refractivity contribution in [3.63, 3.8) is 0 Å². The van der Waals surface area contributed by atoms with Crippen molar-refractivity contribution in [2.45, 2.75) is 46.1 Å². The molecule has 0 radical (unpaired) electrons. The number of hydrogen-bond donors (Lipinski definition) is 2. The Bertz CT molecular complexity index is 711. The van der Waals surface area contributed by atoms with E-state index in [0.717, 1.165) is 11.6 Å². The Hall–Kier alpha value is -2.57. The predicted molar refractivity (Wildman–Crippen MR) is 103 cm³/mol. The smallest absolute Gasteiger partial charge is 0.228 e. The van der Waals surface area contributed by atoms with E-state index in [1.807, 2.05) is 39.0 Å². The molecule has 2 rings (SSSR count). The SMILES string of the molecule is CN=C(NCCc1nc(C(C)C)no1)NCC(C)Oc1cccc(C)c1. The number of guanidine groups is 1. The number of ether oxygens (including phenoxy) is 1.